The van der Waals surface area contributed by atoms with E-state index in [0.29, 0.717) is 5.11 Å². The maximum Gasteiger partial charge on any atom is 0.494 e. The fraction of sp³-hybridized carbons (Fsp3) is 0.533. The lowest BCUT2D eigenvalue weighted by Gasteiger charge is -2.32. The first-order valence-corrected chi connectivity index (χ1v) is 7.66. The van der Waals surface area contributed by atoms with E-state index in [2.05, 4.69) is 38.3 Å². The van der Waals surface area contributed by atoms with Crippen LogP contribution in [0.5, 0.6) is 0 Å². The van der Waals surface area contributed by atoms with Crippen molar-refractivity contribution in [3.63, 3.8) is 0 Å². The van der Waals surface area contributed by atoms with Gasteiger partial charge in [-0.2, -0.15) is 0 Å². The van der Waals surface area contributed by atoms with Gasteiger partial charge in [0.15, 0.2) is 5.11 Å². The van der Waals surface area contributed by atoms with Crippen LogP contribution in [0.25, 0.3) is 0 Å². The molecule has 2 N–H and O–H groups in total. The Kier molecular flexibility index (Phi) is 4.61. The van der Waals surface area contributed by atoms with Gasteiger partial charge in [-0.15, -0.1) is 0 Å². The Morgan fingerprint density at radius 1 is 1.10 bits per heavy atom. The van der Waals surface area contributed by atoms with Gasteiger partial charge in [0.2, 0.25) is 0 Å². The van der Waals surface area contributed by atoms with Crippen LogP contribution in [-0.4, -0.2) is 30.0 Å². The van der Waals surface area contributed by atoms with Gasteiger partial charge in [-0.3, -0.25) is 0 Å². The SMILES string of the molecule is CCNC(=S)Nc1ccc(B2OC(C)(C)C(C)(C)O2)cc1. The fourth-order valence-electron chi connectivity index (χ4n) is 2.04. The van der Waals surface area contributed by atoms with Crippen LogP contribution in [0.1, 0.15) is 34.6 Å². The largest absolute Gasteiger partial charge is 0.494 e. The first-order valence-electron chi connectivity index (χ1n) is 7.25. The molecule has 1 aromatic carbocycles. The summed E-state index contributed by atoms with van der Waals surface area (Å²) in [5.74, 6) is 0. The highest BCUT2D eigenvalue weighted by atomic mass is 32.1. The molecule has 1 aliphatic heterocycles. The van der Waals surface area contributed by atoms with Crippen LogP contribution in [0.15, 0.2) is 24.3 Å². The van der Waals surface area contributed by atoms with E-state index < -0.39 is 0 Å². The number of rotatable bonds is 3. The summed E-state index contributed by atoms with van der Waals surface area (Å²) in [6.07, 6.45) is 0. The lowest BCUT2D eigenvalue weighted by Crippen LogP contribution is -2.41. The van der Waals surface area contributed by atoms with Crippen molar-refractivity contribution in [1.29, 1.82) is 0 Å². The van der Waals surface area contributed by atoms with Gasteiger partial charge in [0.25, 0.3) is 0 Å². The van der Waals surface area contributed by atoms with Crippen LogP contribution in [0.3, 0.4) is 0 Å². The molecule has 114 valence electrons. The third kappa shape index (κ3) is 3.57. The molecule has 0 aliphatic carbocycles. The Hall–Kier alpha value is -1.11. The standard InChI is InChI=1S/C15H23BN2O2S/c1-6-17-13(21)18-12-9-7-11(8-10-12)16-19-14(2,3)15(4,5)20-16/h7-10H,6H2,1-5H3,(H2,17,18,21). The van der Waals surface area contributed by atoms with E-state index >= 15 is 0 Å². The second-order valence-corrected chi connectivity index (χ2v) is 6.60. The molecule has 1 heterocycles. The normalized spacial score (nSPS) is 19.4. The summed E-state index contributed by atoms with van der Waals surface area (Å²) in [6, 6.07) is 7.95. The summed E-state index contributed by atoms with van der Waals surface area (Å²) in [7, 11) is -0.329. The van der Waals surface area contributed by atoms with Crippen molar-refractivity contribution in [2.24, 2.45) is 0 Å². The van der Waals surface area contributed by atoms with Crippen molar-refractivity contribution in [2.45, 2.75) is 45.8 Å². The predicted molar refractivity (Wildman–Crippen MR) is 92.1 cm³/mol. The average Bonchev–Trinajstić information content (AvgIpc) is 2.59. The van der Waals surface area contributed by atoms with E-state index in [9.17, 15) is 0 Å². The first kappa shape index (κ1) is 16.3. The minimum atomic E-state index is -0.329. The number of hydrogen-bond acceptors (Lipinski definition) is 3. The summed E-state index contributed by atoms with van der Waals surface area (Å²) in [6.45, 7) is 11.0. The van der Waals surface area contributed by atoms with Crippen molar-refractivity contribution in [2.75, 3.05) is 11.9 Å². The maximum absolute atomic E-state index is 6.03. The Labute approximate surface area is 132 Å². The van der Waals surface area contributed by atoms with Gasteiger partial charge in [0, 0.05) is 12.2 Å². The van der Waals surface area contributed by atoms with Crippen molar-refractivity contribution in [3.8, 4) is 0 Å². The summed E-state index contributed by atoms with van der Waals surface area (Å²) in [5, 5.41) is 6.81. The van der Waals surface area contributed by atoms with Gasteiger partial charge in [-0.1, -0.05) is 12.1 Å². The predicted octanol–water partition coefficient (Wildman–Crippen LogP) is 2.29. The molecular weight excluding hydrogens is 283 g/mol. The Bertz CT molecular complexity index is 501. The Morgan fingerprint density at radius 2 is 1.62 bits per heavy atom. The van der Waals surface area contributed by atoms with Crippen LogP contribution >= 0.6 is 12.2 Å². The Balaban J connectivity index is 2.05. The van der Waals surface area contributed by atoms with Gasteiger partial charge >= 0.3 is 7.12 Å². The number of anilines is 1. The van der Waals surface area contributed by atoms with E-state index in [1.54, 1.807) is 0 Å². The van der Waals surface area contributed by atoms with Gasteiger partial charge in [0.05, 0.1) is 11.2 Å². The summed E-state index contributed by atoms with van der Waals surface area (Å²) in [4.78, 5) is 0. The minimum absolute atomic E-state index is 0.318. The second kappa shape index (κ2) is 5.95. The number of nitrogens with one attached hydrogen (secondary N) is 2. The third-order valence-corrected chi connectivity index (χ3v) is 4.28. The van der Waals surface area contributed by atoms with E-state index in [1.165, 1.54) is 0 Å². The van der Waals surface area contributed by atoms with Gasteiger partial charge in [-0.25, -0.2) is 0 Å². The highest BCUT2D eigenvalue weighted by Gasteiger charge is 2.51. The molecule has 2 rings (SSSR count). The molecule has 1 fully saturated rings. The zero-order chi connectivity index (χ0) is 15.7. The van der Waals surface area contributed by atoms with Crippen molar-refractivity contribution in [1.82, 2.24) is 5.32 Å². The molecule has 1 saturated heterocycles. The number of hydrogen-bond donors (Lipinski definition) is 2. The molecule has 0 amide bonds. The second-order valence-electron chi connectivity index (χ2n) is 6.19. The topological polar surface area (TPSA) is 42.5 Å². The van der Waals surface area contributed by atoms with Gasteiger partial charge < -0.3 is 19.9 Å². The quantitative estimate of drug-likeness (QED) is 0.662. The molecular formula is C15H23BN2O2S. The monoisotopic (exact) mass is 306 g/mol. The minimum Gasteiger partial charge on any atom is -0.399 e. The van der Waals surface area contributed by atoms with Crippen LogP contribution in [0.2, 0.25) is 0 Å². The molecule has 1 aliphatic rings. The van der Waals surface area contributed by atoms with E-state index in [0.717, 1.165) is 17.7 Å². The number of benzene rings is 1. The highest BCUT2D eigenvalue weighted by Crippen LogP contribution is 2.36. The molecule has 0 atom stereocenters. The molecule has 0 radical (unpaired) electrons. The zero-order valence-corrected chi connectivity index (χ0v) is 14.1. The average molecular weight is 306 g/mol. The maximum atomic E-state index is 6.03. The lowest BCUT2D eigenvalue weighted by atomic mass is 9.79. The molecule has 0 aromatic heterocycles. The van der Waals surface area contributed by atoms with Crippen molar-refractivity contribution in [3.05, 3.63) is 24.3 Å². The molecule has 1 aromatic rings. The summed E-state index contributed by atoms with van der Waals surface area (Å²) >= 11 is 5.16. The highest BCUT2D eigenvalue weighted by molar-refractivity contribution is 7.80. The smallest absolute Gasteiger partial charge is 0.399 e. The molecule has 0 saturated carbocycles. The van der Waals surface area contributed by atoms with Crippen LogP contribution < -0.4 is 16.1 Å². The first-order chi connectivity index (χ1) is 9.75. The molecule has 0 spiro atoms. The number of thiocarbonyl (C=S) groups is 1. The molecule has 6 heteroatoms. The fourth-order valence-corrected chi connectivity index (χ4v) is 2.30. The van der Waals surface area contributed by atoms with Crippen LogP contribution in [0, 0.1) is 0 Å². The molecule has 0 unspecified atom stereocenters. The van der Waals surface area contributed by atoms with E-state index in [4.69, 9.17) is 21.5 Å². The summed E-state index contributed by atoms with van der Waals surface area (Å²) in [5.41, 5.74) is 1.32. The van der Waals surface area contributed by atoms with Gasteiger partial charge in [-0.05, 0) is 64.4 Å². The van der Waals surface area contributed by atoms with Crippen LogP contribution in [0.4, 0.5) is 5.69 Å². The van der Waals surface area contributed by atoms with Gasteiger partial charge in [0.1, 0.15) is 0 Å². The van der Waals surface area contributed by atoms with Crippen molar-refractivity contribution < 1.29 is 9.31 Å². The van der Waals surface area contributed by atoms with Crippen molar-refractivity contribution >= 4 is 35.6 Å². The third-order valence-electron chi connectivity index (χ3n) is 4.03. The van der Waals surface area contributed by atoms with E-state index in [1.807, 2.05) is 31.2 Å². The zero-order valence-electron chi connectivity index (χ0n) is 13.3. The lowest BCUT2D eigenvalue weighted by molar-refractivity contribution is 0.00578. The Morgan fingerprint density at radius 3 is 2.10 bits per heavy atom. The molecule has 4 nitrogen and oxygen atoms in total. The van der Waals surface area contributed by atoms with Crippen LogP contribution in [-0.2, 0) is 9.31 Å². The molecule has 0 bridgehead atoms. The van der Waals surface area contributed by atoms with E-state index in [-0.39, 0.29) is 18.3 Å². The summed E-state index contributed by atoms with van der Waals surface area (Å²) < 4.78 is 12.1. The molecule has 21 heavy (non-hydrogen) atoms.